The summed E-state index contributed by atoms with van der Waals surface area (Å²) in [6, 6.07) is 13.8. The molecule has 1 aliphatic heterocycles. The van der Waals surface area contributed by atoms with E-state index >= 15 is 0 Å². The second kappa shape index (κ2) is 12.1. The summed E-state index contributed by atoms with van der Waals surface area (Å²) in [5, 5.41) is 0. The Hall–Kier alpha value is -3.47. The fourth-order valence-electron chi connectivity index (χ4n) is 9.08. The van der Waals surface area contributed by atoms with Crippen molar-refractivity contribution in [2.45, 2.75) is 84.0 Å². The highest BCUT2D eigenvalue weighted by atomic mass is 16.5. The van der Waals surface area contributed by atoms with Crippen LogP contribution in [0.3, 0.4) is 0 Å². The summed E-state index contributed by atoms with van der Waals surface area (Å²) < 4.78 is 5.64. The summed E-state index contributed by atoms with van der Waals surface area (Å²) in [4.78, 5) is 40.7. The summed E-state index contributed by atoms with van der Waals surface area (Å²) >= 11 is 0. The van der Waals surface area contributed by atoms with E-state index in [-0.39, 0.29) is 35.5 Å². The van der Waals surface area contributed by atoms with Crippen LogP contribution in [0.1, 0.15) is 93.7 Å². The van der Waals surface area contributed by atoms with E-state index < -0.39 is 5.97 Å². The lowest BCUT2D eigenvalue weighted by Crippen LogP contribution is -2.38. The average molecular weight is 592 g/mol. The largest absolute Gasteiger partial charge is 0.423 e. The number of aryl methyl sites for hydroxylation is 1. The van der Waals surface area contributed by atoms with Crippen LogP contribution in [0.5, 0.6) is 5.75 Å². The zero-order valence-corrected chi connectivity index (χ0v) is 26.1. The molecule has 5 nitrogen and oxygen atoms in total. The van der Waals surface area contributed by atoms with Crippen LogP contribution in [0, 0.1) is 48.3 Å². The number of fused-ring (bicyclic) bond motifs is 1. The van der Waals surface area contributed by atoms with Gasteiger partial charge in [0.2, 0.25) is 11.8 Å². The molecule has 230 valence electrons. The fraction of sp³-hybridized carbons (Fsp3) is 0.513. The van der Waals surface area contributed by atoms with E-state index in [2.05, 4.69) is 43.3 Å². The van der Waals surface area contributed by atoms with Gasteiger partial charge in [-0.3, -0.25) is 14.5 Å². The van der Waals surface area contributed by atoms with Gasteiger partial charge in [-0.05, 0) is 135 Å². The predicted molar refractivity (Wildman–Crippen MR) is 173 cm³/mol. The minimum Gasteiger partial charge on any atom is -0.423 e. The quantitative estimate of drug-likeness (QED) is 0.111. The number of hydrogen-bond acceptors (Lipinski definition) is 4. The molecule has 2 amide bonds. The van der Waals surface area contributed by atoms with Crippen molar-refractivity contribution in [1.82, 2.24) is 0 Å². The maximum Gasteiger partial charge on any atom is 0.336 e. The molecule has 44 heavy (non-hydrogen) atoms. The van der Waals surface area contributed by atoms with Gasteiger partial charge in [0, 0.05) is 6.08 Å². The van der Waals surface area contributed by atoms with Crippen molar-refractivity contribution in [2.75, 3.05) is 4.90 Å². The van der Waals surface area contributed by atoms with Gasteiger partial charge in [0.25, 0.3) is 0 Å². The summed E-state index contributed by atoms with van der Waals surface area (Å²) in [6.45, 7) is 4.24. The number of amides is 2. The number of hydrogen-bond donors (Lipinski definition) is 0. The first-order valence-electron chi connectivity index (χ1n) is 17.0. The van der Waals surface area contributed by atoms with Gasteiger partial charge in [0.15, 0.2) is 0 Å². The Morgan fingerprint density at radius 1 is 0.773 bits per heavy atom. The number of anilines is 1. The van der Waals surface area contributed by atoms with Gasteiger partial charge >= 0.3 is 5.97 Å². The van der Waals surface area contributed by atoms with E-state index in [1.807, 2.05) is 6.92 Å². The standard InChI is InChI=1S/C39H45NO4/c1-24-3-8-27(9-4-24)29-12-14-30(15-13-29)28-10-5-26(6-11-28)7-22-35(41)44-34-21-20-33(23-25(34)2)40-38(42)36-31-16-17-32(19-18-31)37(36)39(40)43/h5-7,10-11,16-17,20-24,27,29-32,36-37H,3-4,8-9,12-15,18-19H2,1-2H3/b22-7+. The molecule has 0 radical (unpaired) electrons. The lowest BCUT2D eigenvalue weighted by molar-refractivity contribution is -0.129. The van der Waals surface area contributed by atoms with Gasteiger partial charge < -0.3 is 4.74 Å². The zero-order valence-electron chi connectivity index (χ0n) is 26.1. The molecule has 1 heterocycles. The first-order chi connectivity index (χ1) is 21.4. The van der Waals surface area contributed by atoms with Crippen LogP contribution in [-0.2, 0) is 14.4 Å². The Morgan fingerprint density at radius 2 is 1.36 bits per heavy atom. The van der Waals surface area contributed by atoms with Gasteiger partial charge in [0.05, 0.1) is 17.5 Å². The third-order valence-electron chi connectivity index (χ3n) is 11.7. The molecule has 5 aliphatic carbocycles. The van der Waals surface area contributed by atoms with Gasteiger partial charge in [0.1, 0.15) is 5.75 Å². The third kappa shape index (κ3) is 5.59. The zero-order chi connectivity index (χ0) is 30.4. The lowest BCUT2D eigenvalue weighted by Gasteiger charge is -2.38. The van der Waals surface area contributed by atoms with Crippen LogP contribution in [0.4, 0.5) is 5.69 Å². The van der Waals surface area contributed by atoms with Crippen LogP contribution in [0.25, 0.3) is 6.08 Å². The summed E-state index contributed by atoms with van der Waals surface area (Å²) in [7, 11) is 0. The third-order valence-corrected chi connectivity index (χ3v) is 11.7. The molecule has 0 aromatic heterocycles. The van der Waals surface area contributed by atoms with Crippen molar-refractivity contribution in [2.24, 2.45) is 41.4 Å². The topological polar surface area (TPSA) is 63.7 Å². The predicted octanol–water partition coefficient (Wildman–Crippen LogP) is 8.42. The number of ether oxygens (including phenoxy) is 1. The Labute approximate surface area is 261 Å². The van der Waals surface area contributed by atoms with E-state index in [9.17, 15) is 14.4 Å². The van der Waals surface area contributed by atoms with Crippen LogP contribution in [0.2, 0.25) is 0 Å². The number of allylic oxidation sites excluding steroid dienone is 2. The van der Waals surface area contributed by atoms with Crippen LogP contribution < -0.4 is 9.64 Å². The molecule has 5 heteroatoms. The molecule has 6 aliphatic rings. The minimum absolute atomic E-state index is 0.0982. The van der Waals surface area contributed by atoms with E-state index in [0.717, 1.165) is 36.2 Å². The van der Waals surface area contributed by atoms with Gasteiger partial charge in [-0.25, -0.2) is 4.79 Å². The molecular formula is C39H45NO4. The number of nitrogens with zero attached hydrogens (tertiary/aromatic N) is 1. The Bertz CT molecular complexity index is 1440. The first-order valence-corrected chi connectivity index (χ1v) is 17.0. The molecule has 2 bridgehead atoms. The molecule has 0 N–H and O–H groups in total. The van der Waals surface area contributed by atoms with Gasteiger partial charge in [-0.2, -0.15) is 0 Å². The Balaban J connectivity index is 0.929. The number of carbonyl (C=O) groups is 3. The van der Waals surface area contributed by atoms with Crippen LogP contribution in [-0.4, -0.2) is 17.8 Å². The van der Waals surface area contributed by atoms with Gasteiger partial charge in [-0.15, -0.1) is 0 Å². The van der Waals surface area contributed by atoms with Crippen molar-refractivity contribution in [3.8, 4) is 5.75 Å². The van der Waals surface area contributed by atoms with E-state index in [4.69, 9.17) is 4.74 Å². The van der Waals surface area contributed by atoms with E-state index in [1.165, 1.54) is 67.9 Å². The van der Waals surface area contributed by atoms with Gasteiger partial charge in [-0.1, -0.05) is 56.2 Å². The Kier molecular flexibility index (Phi) is 8.07. The smallest absolute Gasteiger partial charge is 0.336 e. The van der Waals surface area contributed by atoms with Crippen LogP contribution >= 0.6 is 0 Å². The highest BCUT2D eigenvalue weighted by molar-refractivity contribution is 6.22. The minimum atomic E-state index is -0.456. The highest BCUT2D eigenvalue weighted by Gasteiger charge is 2.56. The van der Waals surface area contributed by atoms with Crippen molar-refractivity contribution in [3.05, 3.63) is 77.4 Å². The second-order valence-corrected chi connectivity index (χ2v) is 14.4. The monoisotopic (exact) mass is 591 g/mol. The molecule has 4 unspecified atom stereocenters. The molecule has 2 aromatic carbocycles. The average Bonchev–Trinajstić information content (AvgIpc) is 3.34. The molecule has 4 atom stereocenters. The summed E-state index contributed by atoms with van der Waals surface area (Å²) in [5.74, 6) is 3.05. The molecule has 8 rings (SSSR count). The first kappa shape index (κ1) is 29.3. The molecule has 4 fully saturated rings. The maximum absolute atomic E-state index is 13.3. The Morgan fingerprint density at radius 3 is 1.93 bits per heavy atom. The summed E-state index contributed by atoms with van der Waals surface area (Å²) in [6.07, 6.45) is 20.5. The number of carbonyl (C=O) groups excluding carboxylic acids is 3. The van der Waals surface area contributed by atoms with Crippen molar-refractivity contribution < 1.29 is 19.1 Å². The second-order valence-electron chi connectivity index (χ2n) is 14.4. The number of imide groups is 1. The van der Waals surface area contributed by atoms with Crippen molar-refractivity contribution >= 4 is 29.5 Å². The van der Waals surface area contributed by atoms with E-state index in [0.29, 0.717) is 22.9 Å². The van der Waals surface area contributed by atoms with Crippen LogP contribution in [0.15, 0.2) is 60.7 Å². The molecule has 3 saturated carbocycles. The molecule has 0 spiro atoms. The molecular weight excluding hydrogens is 546 g/mol. The van der Waals surface area contributed by atoms with Crippen molar-refractivity contribution in [1.29, 1.82) is 0 Å². The normalized spacial score (nSPS) is 33.2. The number of benzene rings is 2. The number of esters is 1. The maximum atomic E-state index is 13.3. The summed E-state index contributed by atoms with van der Waals surface area (Å²) in [5.41, 5.74) is 3.64. The highest BCUT2D eigenvalue weighted by Crippen LogP contribution is 2.50. The number of rotatable bonds is 6. The molecule has 1 saturated heterocycles. The SMILES string of the molecule is Cc1cc(N2C(=O)C3C4C=CC(CC4)C3C2=O)ccc1OC(=O)/C=C/c1ccc(C2CCC(C3CCC(C)CC3)CC2)cc1. The lowest BCUT2D eigenvalue weighted by atomic mass is 9.63. The van der Waals surface area contributed by atoms with E-state index in [1.54, 1.807) is 24.3 Å². The van der Waals surface area contributed by atoms with Crippen molar-refractivity contribution in [3.63, 3.8) is 0 Å². The molecule has 2 aromatic rings. The fourth-order valence-corrected chi connectivity index (χ4v) is 9.08.